The largest absolute Gasteiger partial charge is 0.377 e. The lowest BCUT2D eigenvalue weighted by Crippen LogP contribution is -2.11. The highest BCUT2D eigenvalue weighted by Gasteiger charge is 2.13. The molecule has 0 aliphatic heterocycles. The van der Waals surface area contributed by atoms with Crippen LogP contribution in [0.5, 0.6) is 0 Å². The van der Waals surface area contributed by atoms with Crippen molar-refractivity contribution < 1.29 is 4.92 Å². The van der Waals surface area contributed by atoms with Gasteiger partial charge in [-0.1, -0.05) is 6.07 Å². The minimum absolute atomic E-state index is 0.138. The Morgan fingerprint density at radius 1 is 1.43 bits per heavy atom. The molecule has 4 nitrogen and oxygen atoms in total. The Hall–Kier alpha value is -1.58. The monoisotopic (exact) mass is 194 g/mol. The Labute approximate surface area is 83.1 Å². The summed E-state index contributed by atoms with van der Waals surface area (Å²) < 4.78 is 0. The van der Waals surface area contributed by atoms with Gasteiger partial charge in [-0.3, -0.25) is 10.1 Å². The number of nitro groups is 1. The summed E-state index contributed by atoms with van der Waals surface area (Å²) in [5, 5.41) is 13.8. The molecule has 0 bridgehead atoms. The number of rotatable bonds is 3. The molecule has 0 amide bonds. The van der Waals surface area contributed by atoms with E-state index in [4.69, 9.17) is 0 Å². The van der Waals surface area contributed by atoms with Crippen molar-refractivity contribution in [2.75, 3.05) is 5.32 Å². The summed E-state index contributed by atoms with van der Waals surface area (Å²) in [7, 11) is 0. The van der Waals surface area contributed by atoms with E-state index in [9.17, 15) is 10.1 Å². The van der Waals surface area contributed by atoms with Gasteiger partial charge >= 0.3 is 0 Å². The summed E-state index contributed by atoms with van der Waals surface area (Å²) >= 11 is 0. The van der Waals surface area contributed by atoms with Crippen LogP contribution in [0.3, 0.4) is 0 Å². The summed E-state index contributed by atoms with van der Waals surface area (Å²) in [5.74, 6) is 0. The average Bonchev–Trinajstić information content (AvgIpc) is 2.07. The zero-order valence-electron chi connectivity index (χ0n) is 8.57. The maximum atomic E-state index is 10.7. The fraction of sp³-hybridized carbons (Fsp3) is 0.400. The number of benzene rings is 1. The number of nitro benzene ring substituents is 1. The van der Waals surface area contributed by atoms with E-state index in [0.717, 1.165) is 5.56 Å². The second kappa shape index (κ2) is 4.09. The summed E-state index contributed by atoms with van der Waals surface area (Å²) in [6.45, 7) is 5.74. The Kier molecular flexibility index (Phi) is 3.06. The van der Waals surface area contributed by atoms with Gasteiger partial charge in [-0.05, 0) is 32.4 Å². The van der Waals surface area contributed by atoms with Gasteiger partial charge in [0.25, 0.3) is 5.69 Å². The lowest BCUT2D eigenvalue weighted by molar-refractivity contribution is -0.384. The number of hydrogen-bond acceptors (Lipinski definition) is 3. The second-order valence-electron chi connectivity index (χ2n) is 3.58. The Morgan fingerprint density at radius 3 is 2.57 bits per heavy atom. The van der Waals surface area contributed by atoms with Gasteiger partial charge in [0, 0.05) is 12.1 Å². The molecular weight excluding hydrogens is 180 g/mol. The fourth-order valence-corrected chi connectivity index (χ4v) is 1.23. The van der Waals surface area contributed by atoms with Gasteiger partial charge in [0.15, 0.2) is 0 Å². The average molecular weight is 194 g/mol. The third kappa shape index (κ3) is 2.45. The predicted molar refractivity (Wildman–Crippen MR) is 56.6 cm³/mol. The van der Waals surface area contributed by atoms with E-state index >= 15 is 0 Å². The molecule has 0 atom stereocenters. The molecular formula is C10H14N2O2. The summed E-state index contributed by atoms with van der Waals surface area (Å²) in [6.07, 6.45) is 0. The molecule has 0 fully saturated rings. The highest BCUT2D eigenvalue weighted by atomic mass is 16.6. The van der Waals surface area contributed by atoms with Crippen molar-refractivity contribution in [1.82, 2.24) is 0 Å². The lowest BCUT2D eigenvalue weighted by Gasteiger charge is -2.10. The van der Waals surface area contributed by atoms with Crippen molar-refractivity contribution in [2.45, 2.75) is 26.8 Å². The van der Waals surface area contributed by atoms with Crippen LogP contribution in [0.25, 0.3) is 0 Å². The molecule has 1 N–H and O–H groups in total. The van der Waals surface area contributed by atoms with Crippen LogP contribution in [0.2, 0.25) is 0 Å². The minimum atomic E-state index is -0.363. The first-order chi connectivity index (χ1) is 6.50. The quantitative estimate of drug-likeness (QED) is 0.594. The van der Waals surface area contributed by atoms with Gasteiger partial charge in [0.1, 0.15) is 5.69 Å². The van der Waals surface area contributed by atoms with Gasteiger partial charge in [-0.2, -0.15) is 0 Å². The smallest absolute Gasteiger partial charge is 0.292 e. The van der Waals surface area contributed by atoms with Crippen LogP contribution < -0.4 is 5.32 Å². The molecule has 0 radical (unpaired) electrons. The molecule has 14 heavy (non-hydrogen) atoms. The van der Waals surface area contributed by atoms with Gasteiger partial charge in [0.2, 0.25) is 0 Å². The molecule has 76 valence electrons. The normalized spacial score (nSPS) is 10.3. The molecule has 0 aromatic heterocycles. The summed E-state index contributed by atoms with van der Waals surface area (Å²) in [5.41, 5.74) is 1.61. The number of anilines is 1. The second-order valence-corrected chi connectivity index (χ2v) is 3.58. The molecule has 0 spiro atoms. The van der Waals surface area contributed by atoms with E-state index < -0.39 is 0 Å². The predicted octanol–water partition coefficient (Wildman–Crippen LogP) is 2.72. The van der Waals surface area contributed by atoms with E-state index in [1.165, 1.54) is 0 Å². The SMILES string of the molecule is Cc1ccc(NC(C)C)c([N+](=O)[O-])c1. The minimum Gasteiger partial charge on any atom is -0.377 e. The van der Waals surface area contributed by atoms with Crippen molar-refractivity contribution in [3.8, 4) is 0 Å². The van der Waals surface area contributed by atoms with Crippen LogP contribution in [-0.4, -0.2) is 11.0 Å². The molecule has 4 heteroatoms. The molecule has 0 aliphatic carbocycles. The molecule has 0 unspecified atom stereocenters. The van der Waals surface area contributed by atoms with Crippen molar-refractivity contribution in [3.63, 3.8) is 0 Å². The Morgan fingerprint density at radius 2 is 2.07 bits per heavy atom. The zero-order valence-corrected chi connectivity index (χ0v) is 8.57. The van der Waals surface area contributed by atoms with Crippen LogP contribution in [0.15, 0.2) is 18.2 Å². The van der Waals surface area contributed by atoms with E-state index in [-0.39, 0.29) is 16.7 Å². The third-order valence-corrected chi connectivity index (χ3v) is 1.79. The van der Waals surface area contributed by atoms with Crippen LogP contribution >= 0.6 is 0 Å². The fourth-order valence-electron chi connectivity index (χ4n) is 1.23. The molecule has 0 aliphatic rings. The number of nitrogens with zero attached hydrogens (tertiary/aromatic N) is 1. The molecule has 0 heterocycles. The molecule has 1 rings (SSSR count). The summed E-state index contributed by atoms with van der Waals surface area (Å²) in [4.78, 5) is 10.4. The van der Waals surface area contributed by atoms with Gasteiger partial charge in [-0.25, -0.2) is 0 Å². The summed E-state index contributed by atoms with van der Waals surface area (Å²) in [6, 6.07) is 5.37. The van der Waals surface area contributed by atoms with E-state index in [2.05, 4.69) is 5.32 Å². The molecule has 0 saturated carbocycles. The van der Waals surface area contributed by atoms with Crippen molar-refractivity contribution in [3.05, 3.63) is 33.9 Å². The maximum absolute atomic E-state index is 10.7. The Balaban J connectivity index is 3.08. The van der Waals surface area contributed by atoms with Crippen molar-refractivity contribution in [2.24, 2.45) is 0 Å². The molecule has 0 saturated heterocycles. The number of hydrogen-bond donors (Lipinski definition) is 1. The number of aryl methyl sites for hydroxylation is 1. The topological polar surface area (TPSA) is 55.2 Å². The molecule has 1 aromatic rings. The maximum Gasteiger partial charge on any atom is 0.292 e. The van der Waals surface area contributed by atoms with E-state index in [0.29, 0.717) is 5.69 Å². The van der Waals surface area contributed by atoms with Crippen LogP contribution in [-0.2, 0) is 0 Å². The van der Waals surface area contributed by atoms with Crippen LogP contribution in [0.1, 0.15) is 19.4 Å². The molecule has 1 aromatic carbocycles. The van der Waals surface area contributed by atoms with Crippen molar-refractivity contribution >= 4 is 11.4 Å². The first-order valence-electron chi connectivity index (χ1n) is 4.52. The van der Waals surface area contributed by atoms with Crippen LogP contribution in [0.4, 0.5) is 11.4 Å². The standard InChI is InChI=1S/C10H14N2O2/c1-7(2)11-9-5-4-8(3)6-10(9)12(13)14/h4-7,11H,1-3H3. The van der Waals surface area contributed by atoms with Crippen molar-refractivity contribution in [1.29, 1.82) is 0 Å². The zero-order chi connectivity index (χ0) is 10.7. The first kappa shape index (κ1) is 10.5. The highest BCUT2D eigenvalue weighted by molar-refractivity contribution is 5.62. The van der Waals surface area contributed by atoms with E-state index in [1.807, 2.05) is 26.8 Å². The number of nitrogens with one attached hydrogen (secondary N) is 1. The lowest BCUT2D eigenvalue weighted by atomic mass is 10.2. The van der Waals surface area contributed by atoms with Crippen LogP contribution in [0, 0.1) is 17.0 Å². The van der Waals surface area contributed by atoms with Gasteiger partial charge in [-0.15, -0.1) is 0 Å². The third-order valence-electron chi connectivity index (χ3n) is 1.79. The van der Waals surface area contributed by atoms with Gasteiger partial charge < -0.3 is 5.32 Å². The Bertz CT molecular complexity index is 348. The van der Waals surface area contributed by atoms with Gasteiger partial charge in [0.05, 0.1) is 4.92 Å². The van der Waals surface area contributed by atoms with E-state index in [1.54, 1.807) is 12.1 Å². The highest BCUT2D eigenvalue weighted by Crippen LogP contribution is 2.25. The first-order valence-corrected chi connectivity index (χ1v) is 4.52.